The van der Waals surface area contributed by atoms with Crippen LogP contribution in [-0.4, -0.2) is 60.4 Å². The Morgan fingerprint density at radius 1 is 1.17 bits per heavy atom. The highest BCUT2D eigenvalue weighted by Crippen LogP contribution is 2.33. The number of hydrogen-bond donors (Lipinski definition) is 0. The summed E-state index contributed by atoms with van der Waals surface area (Å²) in [6, 6.07) is 9.82. The van der Waals surface area contributed by atoms with Crippen molar-refractivity contribution in [2.24, 2.45) is 5.92 Å². The zero-order valence-electron chi connectivity index (χ0n) is 14.2. The number of hydrogen-bond acceptors (Lipinski definition) is 3. The molecule has 124 valence electrons. The maximum absolute atomic E-state index is 12.5. The smallest absolute Gasteiger partial charge is 0.241 e. The summed E-state index contributed by atoms with van der Waals surface area (Å²) >= 11 is 0. The molecular weight excluding hydrogens is 290 g/mol. The maximum Gasteiger partial charge on any atom is 0.241 e. The van der Waals surface area contributed by atoms with Crippen molar-refractivity contribution in [1.82, 2.24) is 9.80 Å². The van der Waals surface area contributed by atoms with Gasteiger partial charge in [-0.05, 0) is 25.6 Å². The number of nitrogens with zero attached hydrogens (tertiary/aromatic N) is 3. The number of rotatable bonds is 2. The molecule has 1 atom stereocenters. The Morgan fingerprint density at radius 2 is 1.87 bits per heavy atom. The Morgan fingerprint density at radius 3 is 2.52 bits per heavy atom. The maximum atomic E-state index is 12.5. The van der Waals surface area contributed by atoms with Gasteiger partial charge in [0.15, 0.2) is 0 Å². The lowest BCUT2D eigenvalue weighted by Crippen LogP contribution is -2.64. The second-order valence-electron chi connectivity index (χ2n) is 7.06. The van der Waals surface area contributed by atoms with Gasteiger partial charge in [0.1, 0.15) is 0 Å². The van der Waals surface area contributed by atoms with Gasteiger partial charge < -0.3 is 9.80 Å². The summed E-state index contributed by atoms with van der Waals surface area (Å²) < 4.78 is 0. The molecule has 1 spiro atoms. The van der Waals surface area contributed by atoms with Crippen molar-refractivity contribution in [2.75, 3.05) is 38.1 Å². The lowest BCUT2D eigenvalue weighted by Gasteiger charge is -2.46. The van der Waals surface area contributed by atoms with Gasteiger partial charge in [-0.25, -0.2) is 0 Å². The van der Waals surface area contributed by atoms with Crippen LogP contribution in [0.5, 0.6) is 0 Å². The second-order valence-corrected chi connectivity index (χ2v) is 7.06. The van der Waals surface area contributed by atoms with Crippen LogP contribution in [0.4, 0.5) is 5.69 Å². The summed E-state index contributed by atoms with van der Waals surface area (Å²) in [5.41, 5.74) is 0.813. The Bertz CT molecular complexity index is 602. The number of carbonyl (C=O) groups excluding carboxylic acids is 2. The van der Waals surface area contributed by atoms with E-state index in [0.29, 0.717) is 19.6 Å². The number of benzene rings is 1. The number of para-hydroxylation sites is 1. The SMILES string of the molecule is CC(C)C(=O)N1CCC2(C1)CN(c1ccccc1)C(=O)CN2C. The van der Waals surface area contributed by atoms with Crippen LogP contribution in [0.15, 0.2) is 30.3 Å². The minimum atomic E-state index is -0.131. The highest BCUT2D eigenvalue weighted by molar-refractivity contribution is 5.96. The van der Waals surface area contributed by atoms with Gasteiger partial charge in [0.25, 0.3) is 0 Å². The first-order valence-electron chi connectivity index (χ1n) is 8.28. The molecule has 5 heteroatoms. The van der Waals surface area contributed by atoms with Gasteiger partial charge in [-0.2, -0.15) is 0 Å². The molecule has 23 heavy (non-hydrogen) atoms. The molecule has 2 amide bonds. The molecule has 0 saturated carbocycles. The van der Waals surface area contributed by atoms with Crippen LogP contribution in [0, 0.1) is 5.92 Å². The monoisotopic (exact) mass is 315 g/mol. The average molecular weight is 315 g/mol. The third-order valence-corrected chi connectivity index (χ3v) is 5.14. The number of carbonyl (C=O) groups is 2. The minimum Gasteiger partial charge on any atom is -0.340 e. The van der Waals surface area contributed by atoms with Crippen LogP contribution in [-0.2, 0) is 9.59 Å². The van der Waals surface area contributed by atoms with Crippen LogP contribution in [0.1, 0.15) is 20.3 Å². The van der Waals surface area contributed by atoms with Gasteiger partial charge >= 0.3 is 0 Å². The molecule has 5 nitrogen and oxygen atoms in total. The lowest BCUT2D eigenvalue weighted by molar-refractivity contribution is -0.134. The third-order valence-electron chi connectivity index (χ3n) is 5.14. The number of likely N-dealkylation sites (tertiary alicyclic amines) is 1. The molecule has 0 bridgehead atoms. The summed E-state index contributed by atoms with van der Waals surface area (Å²) in [7, 11) is 2.00. The normalized spacial score (nSPS) is 25.7. The fraction of sp³-hybridized carbons (Fsp3) is 0.556. The van der Waals surface area contributed by atoms with Crippen LogP contribution in [0.2, 0.25) is 0 Å². The average Bonchev–Trinajstić information content (AvgIpc) is 2.96. The van der Waals surface area contributed by atoms with Gasteiger partial charge in [-0.1, -0.05) is 32.0 Å². The van der Waals surface area contributed by atoms with Crippen molar-refractivity contribution in [3.8, 4) is 0 Å². The van der Waals surface area contributed by atoms with Crippen molar-refractivity contribution in [2.45, 2.75) is 25.8 Å². The standard InChI is InChI=1S/C18H25N3O2/c1-14(2)17(23)20-10-9-18(12-20)13-21(16(22)11-19(18)3)15-7-5-4-6-8-15/h4-8,14H,9-13H2,1-3H3. The van der Waals surface area contributed by atoms with Crippen LogP contribution < -0.4 is 4.90 Å². The summed E-state index contributed by atoms with van der Waals surface area (Å²) in [6.07, 6.45) is 0.915. The Labute approximate surface area is 137 Å². The molecule has 2 heterocycles. The molecule has 2 aliphatic rings. The molecular formula is C18H25N3O2. The number of likely N-dealkylation sites (N-methyl/N-ethyl adjacent to an activating group) is 1. The summed E-state index contributed by atoms with van der Waals surface area (Å²) in [4.78, 5) is 30.8. The molecule has 2 saturated heterocycles. The van der Waals surface area contributed by atoms with Crippen LogP contribution >= 0.6 is 0 Å². The van der Waals surface area contributed by atoms with Gasteiger partial charge in [-0.3, -0.25) is 14.5 Å². The predicted molar refractivity (Wildman–Crippen MR) is 90.2 cm³/mol. The highest BCUT2D eigenvalue weighted by Gasteiger charge is 2.48. The number of piperazine rings is 1. The van der Waals surface area contributed by atoms with Gasteiger partial charge in [0.05, 0.1) is 12.1 Å². The van der Waals surface area contributed by atoms with E-state index in [4.69, 9.17) is 0 Å². The highest BCUT2D eigenvalue weighted by atomic mass is 16.2. The van der Waals surface area contributed by atoms with Gasteiger partial charge in [0.2, 0.25) is 11.8 Å². The van der Waals surface area contributed by atoms with Gasteiger partial charge in [0, 0.05) is 31.2 Å². The molecule has 2 fully saturated rings. The van der Waals surface area contributed by atoms with E-state index in [0.717, 1.165) is 18.7 Å². The van der Waals surface area contributed by atoms with Crippen LogP contribution in [0.3, 0.4) is 0 Å². The molecule has 1 unspecified atom stereocenters. The first-order chi connectivity index (χ1) is 10.9. The van der Waals surface area contributed by atoms with E-state index in [1.807, 2.05) is 61.0 Å². The third kappa shape index (κ3) is 2.85. The quantitative estimate of drug-likeness (QED) is 0.832. The molecule has 0 N–H and O–H groups in total. The molecule has 0 aliphatic carbocycles. The summed E-state index contributed by atoms with van der Waals surface area (Å²) in [6.45, 7) is 6.41. The largest absolute Gasteiger partial charge is 0.340 e. The van der Waals surface area contributed by atoms with E-state index in [-0.39, 0.29) is 23.3 Å². The van der Waals surface area contributed by atoms with Crippen molar-refractivity contribution in [3.63, 3.8) is 0 Å². The van der Waals surface area contributed by atoms with E-state index in [9.17, 15) is 9.59 Å². The van der Waals surface area contributed by atoms with E-state index in [1.165, 1.54) is 0 Å². The van der Waals surface area contributed by atoms with Crippen LogP contribution in [0.25, 0.3) is 0 Å². The van der Waals surface area contributed by atoms with Gasteiger partial charge in [-0.15, -0.1) is 0 Å². The fourth-order valence-corrected chi connectivity index (χ4v) is 3.65. The minimum absolute atomic E-state index is 0.0194. The first kappa shape index (κ1) is 16.0. The summed E-state index contributed by atoms with van der Waals surface area (Å²) in [5.74, 6) is 0.349. The topological polar surface area (TPSA) is 43.9 Å². The summed E-state index contributed by atoms with van der Waals surface area (Å²) in [5, 5.41) is 0. The van der Waals surface area contributed by atoms with E-state index in [1.54, 1.807) is 0 Å². The fourth-order valence-electron chi connectivity index (χ4n) is 3.65. The molecule has 2 aliphatic heterocycles. The van der Waals surface area contributed by atoms with Crippen molar-refractivity contribution in [3.05, 3.63) is 30.3 Å². The Kier molecular flexibility index (Phi) is 4.15. The molecule has 0 radical (unpaired) electrons. The zero-order chi connectivity index (χ0) is 16.6. The number of anilines is 1. The predicted octanol–water partition coefficient (Wildman–Crippen LogP) is 1.59. The first-order valence-corrected chi connectivity index (χ1v) is 8.28. The number of amides is 2. The molecule has 3 rings (SSSR count). The Hall–Kier alpha value is -1.88. The van der Waals surface area contributed by atoms with Crippen molar-refractivity contribution in [1.29, 1.82) is 0 Å². The van der Waals surface area contributed by atoms with E-state index < -0.39 is 0 Å². The van der Waals surface area contributed by atoms with Crippen molar-refractivity contribution < 1.29 is 9.59 Å². The van der Waals surface area contributed by atoms with E-state index >= 15 is 0 Å². The second kappa shape index (κ2) is 5.96. The van der Waals surface area contributed by atoms with E-state index in [2.05, 4.69) is 4.90 Å². The van der Waals surface area contributed by atoms with Crippen molar-refractivity contribution >= 4 is 17.5 Å². The molecule has 0 aromatic heterocycles. The molecule has 1 aromatic carbocycles. The lowest BCUT2D eigenvalue weighted by atomic mass is 9.92. The molecule has 1 aromatic rings. The Balaban J connectivity index is 1.82. The zero-order valence-corrected chi connectivity index (χ0v) is 14.2.